The van der Waals surface area contributed by atoms with Crippen LogP contribution in [0.2, 0.25) is 0 Å². The maximum atomic E-state index is 12.9. The highest BCUT2D eigenvalue weighted by molar-refractivity contribution is 6.04. The van der Waals surface area contributed by atoms with Gasteiger partial charge in [0, 0.05) is 44.6 Å². The number of cyclic esters (lactones) is 2. The van der Waals surface area contributed by atoms with Crippen molar-refractivity contribution in [1.82, 2.24) is 0 Å². The van der Waals surface area contributed by atoms with Crippen LogP contribution in [0.4, 0.5) is 11.4 Å². The Hall–Kier alpha value is -2.64. The molecule has 132 valence electrons. The van der Waals surface area contributed by atoms with Gasteiger partial charge in [0.15, 0.2) is 5.41 Å². The second-order valence-electron chi connectivity index (χ2n) is 7.25. The van der Waals surface area contributed by atoms with E-state index in [9.17, 15) is 19.7 Å². The molecular formula is C17H18N2O6. The van der Waals surface area contributed by atoms with Gasteiger partial charge in [-0.25, -0.2) is 0 Å². The largest absolute Gasteiger partial charge is 0.422 e. The molecule has 1 aromatic rings. The molecule has 2 fully saturated rings. The normalized spacial score (nSPS) is 25.8. The van der Waals surface area contributed by atoms with Gasteiger partial charge in [0.25, 0.3) is 11.5 Å². The number of nitro groups is 1. The van der Waals surface area contributed by atoms with Gasteiger partial charge in [0.2, 0.25) is 0 Å². The van der Waals surface area contributed by atoms with Crippen LogP contribution in [0.3, 0.4) is 0 Å². The number of anilines is 1. The summed E-state index contributed by atoms with van der Waals surface area (Å²) in [6.07, 6.45) is 1.55. The summed E-state index contributed by atoms with van der Waals surface area (Å²) in [7, 11) is 0. The van der Waals surface area contributed by atoms with Crippen molar-refractivity contribution in [3.05, 3.63) is 33.9 Å². The molecule has 1 spiro atoms. The first-order valence-corrected chi connectivity index (χ1v) is 8.25. The first-order valence-electron chi connectivity index (χ1n) is 8.25. The van der Waals surface area contributed by atoms with E-state index >= 15 is 0 Å². The average Bonchev–Trinajstić information content (AvgIpc) is 3.01. The summed E-state index contributed by atoms with van der Waals surface area (Å²) in [6.45, 7) is 3.72. The van der Waals surface area contributed by atoms with Crippen molar-refractivity contribution in [3.8, 4) is 0 Å². The maximum absolute atomic E-state index is 12.9. The number of fused-ring (bicyclic) bond motifs is 4. The number of nitro benzene ring substituents is 1. The Morgan fingerprint density at radius 3 is 2.56 bits per heavy atom. The third-order valence-electron chi connectivity index (χ3n) is 5.28. The predicted octanol–water partition coefficient (Wildman–Crippen LogP) is 1.94. The lowest BCUT2D eigenvalue weighted by molar-refractivity contribution is -0.384. The molecule has 8 heteroatoms. The topological polar surface area (TPSA) is 99.0 Å². The lowest BCUT2D eigenvalue weighted by atomic mass is 9.70. The van der Waals surface area contributed by atoms with Crippen LogP contribution in [0.15, 0.2) is 18.2 Å². The highest BCUT2D eigenvalue weighted by Gasteiger charge is 2.64. The predicted molar refractivity (Wildman–Crippen MR) is 85.9 cm³/mol. The molecule has 1 atom stereocenters. The van der Waals surface area contributed by atoms with Gasteiger partial charge in [-0.05, 0) is 24.5 Å². The Bertz CT molecular complexity index is 782. The smallest absolute Gasteiger partial charge is 0.329 e. The van der Waals surface area contributed by atoms with E-state index in [1.54, 1.807) is 6.07 Å². The number of carbonyl (C=O) groups excluding carboxylic acids is 2. The van der Waals surface area contributed by atoms with Gasteiger partial charge in [-0.2, -0.15) is 0 Å². The van der Waals surface area contributed by atoms with Gasteiger partial charge in [0.1, 0.15) is 0 Å². The number of ether oxygens (including phenoxy) is 2. The first-order chi connectivity index (χ1) is 11.7. The highest BCUT2D eigenvalue weighted by atomic mass is 16.7. The molecule has 4 rings (SSSR count). The van der Waals surface area contributed by atoms with Crippen molar-refractivity contribution >= 4 is 23.3 Å². The maximum Gasteiger partial charge on any atom is 0.329 e. The Balaban J connectivity index is 1.85. The number of benzene rings is 1. The second kappa shape index (κ2) is 4.93. The summed E-state index contributed by atoms with van der Waals surface area (Å²) in [4.78, 5) is 38.4. The molecule has 0 aliphatic carbocycles. The first kappa shape index (κ1) is 15.9. The minimum absolute atomic E-state index is 0.0545. The van der Waals surface area contributed by atoms with Gasteiger partial charge in [-0.15, -0.1) is 0 Å². The number of esters is 2. The van der Waals surface area contributed by atoms with Gasteiger partial charge < -0.3 is 14.4 Å². The van der Waals surface area contributed by atoms with Crippen LogP contribution in [0.5, 0.6) is 0 Å². The lowest BCUT2D eigenvalue weighted by Gasteiger charge is -2.49. The Labute approximate surface area is 143 Å². The zero-order chi connectivity index (χ0) is 18.0. The van der Waals surface area contributed by atoms with E-state index in [-0.39, 0.29) is 18.2 Å². The number of rotatable bonds is 1. The fourth-order valence-corrected chi connectivity index (χ4v) is 4.24. The van der Waals surface area contributed by atoms with Crippen LogP contribution >= 0.6 is 0 Å². The van der Waals surface area contributed by atoms with Crippen molar-refractivity contribution in [2.45, 2.75) is 44.9 Å². The van der Waals surface area contributed by atoms with E-state index in [0.717, 1.165) is 12.1 Å². The summed E-state index contributed by atoms with van der Waals surface area (Å²) < 4.78 is 10.8. The van der Waals surface area contributed by atoms with Gasteiger partial charge in [-0.3, -0.25) is 19.7 Å². The zero-order valence-corrected chi connectivity index (χ0v) is 14.0. The molecule has 0 aromatic heterocycles. The molecule has 0 bridgehead atoms. The zero-order valence-electron chi connectivity index (χ0n) is 14.0. The molecular weight excluding hydrogens is 328 g/mol. The van der Waals surface area contributed by atoms with E-state index < -0.39 is 28.1 Å². The Morgan fingerprint density at radius 1 is 1.24 bits per heavy atom. The summed E-state index contributed by atoms with van der Waals surface area (Å²) in [5.41, 5.74) is -0.0941. The Kier molecular flexibility index (Phi) is 3.13. The summed E-state index contributed by atoms with van der Waals surface area (Å²) in [6, 6.07) is 4.23. The van der Waals surface area contributed by atoms with Gasteiger partial charge in [-0.1, -0.05) is 0 Å². The van der Waals surface area contributed by atoms with E-state index in [2.05, 4.69) is 0 Å². The van der Waals surface area contributed by atoms with E-state index in [1.807, 2.05) is 4.90 Å². The fraction of sp³-hybridized carbons (Fsp3) is 0.529. The van der Waals surface area contributed by atoms with E-state index in [1.165, 1.54) is 26.0 Å². The molecule has 3 aliphatic heterocycles. The minimum atomic E-state index is -1.46. The van der Waals surface area contributed by atoms with Crippen LogP contribution in [0.1, 0.15) is 32.3 Å². The molecule has 0 N–H and O–H groups in total. The van der Waals surface area contributed by atoms with Crippen molar-refractivity contribution in [2.24, 2.45) is 5.41 Å². The van der Waals surface area contributed by atoms with Crippen LogP contribution in [-0.4, -0.2) is 35.2 Å². The van der Waals surface area contributed by atoms with E-state index in [4.69, 9.17) is 9.47 Å². The van der Waals surface area contributed by atoms with Gasteiger partial charge in [0.05, 0.1) is 11.0 Å². The SMILES string of the molecule is CC1(C)OC(=O)C2(Cc3cc([N+](=O)[O-])ccc3N3CCCC32)C(=O)O1. The van der Waals surface area contributed by atoms with Crippen LogP contribution in [-0.2, 0) is 25.5 Å². The monoisotopic (exact) mass is 346 g/mol. The quantitative estimate of drug-likeness (QED) is 0.332. The number of non-ortho nitro benzene ring substituents is 1. The molecule has 1 aromatic carbocycles. The van der Waals surface area contributed by atoms with Crippen LogP contribution in [0.25, 0.3) is 0 Å². The molecule has 0 amide bonds. The third-order valence-corrected chi connectivity index (χ3v) is 5.28. The standard InChI is InChI=1S/C17H18N2O6/c1-16(2)24-14(20)17(15(21)25-16)9-10-8-11(19(22)23)5-6-12(10)18-7-3-4-13(17)18/h5-6,8,13H,3-4,7,9H2,1-2H3. The number of hydrogen-bond donors (Lipinski definition) is 0. The summed E-state index contributed by atoms with van der Waals surface area (Å²) in [5.74, 6) is -2.52. The van der Waals surface area contributed by atoms with Crippen molar-refractivity contribution in [3.63, 3.8) is 0 Å². The van der Waals surface area contributed by atoms with Crippen LogP contribution in [0, 0.1) is 15.5 Å². The van der Waals surface area contributed by atoms with Gasteiger partial charge >= 0.3 is 11.9 Å². The van der Waals surface area contributed by atoms with Crippen molar-refractivity contribution < 1.29 is 24.0 Å². The molecule has 25 heavy (non-hydrogen) atoms. The molecule has 0 saturated carbocycles. The molecule has 8 nitrogen and oxygen atoms in total. The molecule has 2 saturated heterocycles. The molecule has 3 heterocycles. The molecule has 0 radical (unpaired) electrons. The lowest BCUT2D eigenvalue weighted by Crippen LogP contribution is -2.64. The third kappa shape index (κ3) is 2.13. The highest BCUT2D eigenvalue weighted by Crippen LogP contribution is 2.50. The molecule has 1 unspecified atom stereocenters. The summed E-state index contributed by atoms with van der Waals surface area (Å²) in [5, 5.41) is 11.1. The number of hydrogen-bond acceptors (Lipinski definition) is 7. The fourth-order valence-electron chi connectivity index (χ4n) is 4.24. The number of carbonyl (C=O) groups is 2. The second-order valence-corrected chi connectivity index (χ2v) is 7.25. The minimum Gasteiger partial charge on any atom is -0.422 e. The Morgan fingerprint density at radius 2 is 1.92 bits per heavy atom. The number of nitrogens with zero attached hydrogens (tertiary/aromatic N) is 2. The summed E-state index contributed by atoms with van der Waals surface area (Å²) >= 11 is 0. The van der Waals surface area contributed by atoms with Crippen LogP contribution < -0.4 is 4.90 Å². The van der Waals surface area contributed by atoms with Crippen molar-refractivity contribution in [1.29, 1.82) is 0 Å². The van der Waals surface area contributed by atoms with Crippen molar-refractivity contribution in [2.75, 3.05) is 11.4 Å². The molecule has 3 aliphatic rings. The average molecular weight is 346 g/mol. The van der Waals surface area contributed by atoms with E-state index in [0.29, 0.717) is 18.5 Å².